The fourth-order valence-corrected chi connectivity index (χ4v) is 1.79. The van der Waals surface area contributed by atoms with Crippen LogP contribution in [-0.4, -0.2) is 27.1 Å². The first-order valence-corrected chi connectivity index (χ1v) is 5.32. The second-order valence-corrected chi connectivity index (χ2v) is 3.82. The van der Waals surface area contributed by atoms with E-state index < -0.39 is 11.9 Å². The van der Waals surface area contributed by atoms with Crippen molar-refractivity contribution in [3.63, 3.8) is 0 Å². The van der Waals surface area contributed by atoms with Gasteiger partial charge in [-0.3, -0.25) is 0 Å². The Hall–Kier alpha value is -2.89. The van der Waals surface area contributed by atoms with Crippen LogP contribution in [0.2, 0.25) is 0 Å². The molecule has 0 unspecified atom stereocenters. The smallest absolute Gasteiger partial charge is 0.355 e. The highest BCUT2D eigenvalue weighted by Crippen LogP contribution is 2.28. The van der Waals surface area contributed by atoms with E-state index in [1.807, 2.05) is 0 Å². The van der Waals surface area contributed by atoms with Gasteiger partial charge in [-0.05, 0) is 23.8 Å². The maximum absolute atomic E-state index is 11.2. The Balaban J connectivity index is 2.79. The Morgan fingerprint density at radius 1 is 1.11 bits per heavy atom. The molecule has 4 N–H and O–H groups in total. The number of pyridine rings is 1. The number of hydrogen-bond acceptors (Lipinski definition) is 4. The zero-order valence-corrected chi connectivity index (χ0v) is 9.70. The zero-order chi connectivity index (χ0) is 14.0. The lowest BCUT2D eigenvalue weighted by Crippen LogP contribution is -2.09. The van der Waals surface area contributed by atoms with Crippen molar-refractivity contribution in [2.75, 3.05) is 5.73 Å². The monoisotopic (exact) mass is 258 g/mol. The molecule has 0 aliphatic rings. The Bertz CT molecular complexity index is 635. The van der Waals surface area contributed by atoms with E-state index in [2.05, 4.69) is 4.98 Å². The summed E-state index contributed by atoms with van der Waals surface area (Å²) in [4.78, 5) is 26.1. The highest BCUT2D eigenvalue weighted by Gasteiger charge is 2.21. The number of carboxylic acids is 2. The standard InChI is InChI=1S/C13H10N2O4/c14-8-3-1-2-7(6-8)10-9(12(16)17)4-5-15-11(10)13(18)19/h1-6H,14H2,(H,16,17)(H,18,19). The minimum Gasteiger partial charge on any atom is -0.478 e. The van der Waals surface area contributed by atoms with Crippen LogP contribution in [-0.2, 0) is 0 Å². The number of carbonyl (C=O) groups is 2. The van der Waals surface area contributed by atoms with Crippen LogP contribution < -0.4 is 5.73 Å². The average molecular weight is 258 g/mol. The molecule has 0 saturated carbocycles. The van der Waals surface area contributed by atoms with Crippen LogP contribution in [0.1, 0.15) is 20.8 Å². The molecule has 1 aromatic carbocycles. The molecule has 1 aromatic heterocycles. The van der Waals surface area contributed by atoms with E-state index in [9.17, 15) is 9.59 Å². The first-order chi connectivity index (χ1) is 9.00. The van der Waals surface area contributed by atoms with Crippen molar-refractivity contribution in [3.8, 4) is 11.1 Å². The topological polar surface area (TPSA) is 114 Å². The second kappa shape index (κ2) is 4.77. The van der Waals surface area contributed by atoms with Crippen molar-refractivity contribution in [1.82, 2.24) is 4.98 Å². The summed E-state index contributed by atoms with van der Waals surface area (Å²) < 4.78 is 0. The zero-order valence-electron chi connectivity index (χ0n) is 9.70. The highest BCUT2D eigenvalue weighted by atomic mass is 16.4. The van der Waals surface area contributed by atoms with E-state index in [4.69, 9.17) is 15.9 Å². The Labute approximate surface area is 108 Å². The van der Waals surface area contributed by atoms with Gasteiger partial charge in [0.1, 0.15) is 0 Å². The minimum atomic E-state index is -1.29. The summed E-state index contributed by atoms with van der Waals surface area (Å²) in [7, 11) is 0. The van der Waals surface area contributed by atoms with Crippen molar-refractivity contribution in [2.45, 2.75) is 0 Å². The van der Waals surface area contributed by atoms with Crippen LogP contribution >= 0.6 is 0 Å². The van der Waals surface area contributed by atoms with Crippen LogP contribution in [0.4, 0.5) is 5.69 Å². The van der Waals surface area contributed by atoms with E-state index in [1.54, 1.807) is 18.2 Å². The number of nitrogens with zero attached hydrogens (tertiary/aromatic N) is 1. The number of nitrogens with two attached hydrogens (primary N) is 1. The lowest BCUT2D eigenvalue weighted by atomic mass is 9.98. The largest absolute Gasteiger partial charge is 0.478 e. The third-order valence-corrected chi connectivity index (χ3v) is 2.56. The lowest BCUT2D eigenvalue weighted by molar-refractivity contribution is 0.0691. The highest BCUT2D eigenvalue weighted by molar-refractivity contribution is 6.03. The third kappa shape index (κ3) is 2.37. The number of hydrogen-bond donors (Lipinski definition) is 3. The van der Waals surface area contributed by atoms with Gasteiger partial charge >= 0.3 is 11.9 Å². The molecule has 6 nitrogen and oxygen atoms in total. The molecule has 0 fully saturated rings. The fraction of sp³-hybridized carbons (Fsp3) is 0. The summed E-state index contributed by atoms with van der Waals surface area (Å²) in [5.41, 5.74) is 6.06. The molecule has 0 aliphatic heterocycles. The molecule has 0 radical (unpaired) electrons. The molecule has 1 heterocycles. The number of benzene rings is 1. The van der Waals surface area contributed by atoms with Gasteiger partial charge in [-0.1, -0.05) is 12.1 Å². The minimum absolute atomic E-state index is 0.0507. The molecule has 0 saturated heterocycles. The predicted molar refractivity (Wildman–Crippen MR) is 68.0 cm³/mol. The molecule has 6 heteroatoms. The number of anilines is 1. The summed E-state index contributed by atoms with van der Waals surface area (Å²) in [6.45, 7) is 0. The van der Waals surface area contributed by atoms with Crippen LogP contribution in [0, 0.1) is 0 Å². The van der Waals surface area contributed by atoms with E-state index in [-0.39, 0.29) is 16.8 Å². The van der Waals surface area contributed by atoms with Gasteiger partial charge in [0.05, 0.1) is 5.56 Å². The summed E-state index contributed by atoms with van der Waals surface area (Å²) >= 11 is 0. The SMILES string of the molecule is Nc1cccc(-c2c(C(=O)O)ccnc2C(=O)O)c1. The molecule has 0 aliphatic carbocycles. The van der Waals surface area contributed by atoms with Crippen LogP contribution in [0.25, 0.3) is 11.1 Å². The molecular weight excluding hydrogens is 248 g/mol. The molecule has 19 heavy (non-hydrogen) atoms. The predicted octanol–water partition coefficient (Wildman–Crippen LogP) is 1.73. The molecule has 96 valence electrons. The third-order valence-electron chi connectivity index (χ3n) is 2.56. The van der Waals surface area contributed by atoms with Crippen molar-refractivity contribution in [2.24, 2.45) is 0 Å². The van der Waals surface area contributed by atoms with Crippen LogP contribution in [0.15, 0.2) is 36.5 Å². The van der Waals surface area contributed by atoms with Gasteiger partial charge in [0.2, 0.25) is 0 Å². The van der Waals surface area contributed by atoms with Gasteiger partial charge in [-0.25, -0.2) is 14.6 Å². The van der Waals surface area contributed by atoms with E-state index in [0.717, 1.165) is 6.20 Å². The Morgan fingerprint density at radius 2 is 1.84 bits per heavy atom. The first-order valence-electron chi connectivity index (χ1n) is 5.32. The van der Waals surface area contributed by atoms with E-state index >= 15 is 0 Å². The van der Waals surface area contributed by atoms with E-state index in [1.165, 1.54) is 12.1 Å². The molecule has 0 atom stereocenters. The molecule has 0 amide bonds. The Morgan fingerprint density at radius 3 is 2.42 bits per heavy atom. The van der Waals surface area contributed by atoms with Crippen LogP contribution in [0.3, 0.4) is 0 Å². The van der Waals surface area contributed by atoms with E-state index in [0.29, 0.717) is 11.3 Å². The first kappa shape index (κ1) is 12.6. The summed E-state index contributed by atoms with van der Waals surface area (Å²) in [6.07, 6.45) is 1.16. The molecule has 0 bridgehead atoms. The van der Waals surface area contributed by atoms with Crippen molar-refractivity contribution in [1.29, 1.82) is 0 Å². The van der Waals surface area contributed by atoms with Gasteiger partial charge in [0.15, 0.2) is 5.69 Å². The maximum Gasteiger partial charge on any atom is 0.355 e. The number of nitrogen functional groups attached to an aromatic ring is 1. The quantitative estimate of drug-likeness (QED) is 0.722. The molecular formula is C13H10N2O4. The van der Waals surface area contributed by atoms with Crippen LogP contribution in [0.5, 0.6) is 0 Å². The second-order valence-electron chi connectivity index (χ2n) is 3.82. The Kier molecular flexibility index (Phi) is 3.15. The summed E-state index contributed by atoms with van der Waals surface area (Å²) in [5.74, 6) is -2.51. The number of aromatic carboxylic acids is 2. The lowest BCUT2D eigenvalue weighted by Gasteiger charge is -2.09. The summed E-state index contributed by atoms with van der Waals surface area (Å²) in [6, 6.07) is 7.60. The molecule has 0 spiro atoms. The summed E-state index contributed by atoms with van der Waals surface area (Å²) in [5, 5.41) is 18.3. The fourth-order valence-electron chi connectivity index (χ4n) is 1.79. The van der Waals surface area contributed by atoms with Gasteiger partial charge in [-0.15, -0.1) is 0 Å². The maximum atomic E-state index is 11.2. The van der Waals surface area contributed by atoms with Crippen molar-refractivity contribution in [3.05, 3.63) is 47.8 Å². The van der Waals surface area contributed by atoms with Gasteiger partial charge in [0.25, 0.3) is 0 Å². The normalized spacial score (nSPS) is 10.1. The van der Waals surface area contributed by atoms with Crippen molar-refractivity contribution >= 4 is 17.6 Å². The average Bonchev–Trinajstić information content (AvgIpc) is 2.37. The van der Waals surface area contributed by atoms with Crippen molar-refractivity contribution < 1.29 is 19.8 Å². The number of rotatable bonds is 3. The molecule has 2 aromatic rings. The van der Waals surface area contributed by atoms with Gasteiger partial charge < -0.3 is 15.9 Å². The van der Waals surface area contributed by atoms with Gasteiger partial charge in [0, 0.05) is 17.4 Å². The number of aromatic nitrogens is 1. The molecule has 2 rings (SSSR count). The van der Waals surface area contributed by atoms with Gasteiger partial charge in [-0.2, -0.15) is 0 Å². The number of carboxylic acid groups (broad SMARTS) is 2.